The third-order valence-electron chi connectivity index (χ3n) is 2.00. The highest BCUT2D eigenvalue weighted by atomic mass is 79.9. The average Bonchev–Trinajstić information content (AvgIpc) is 2.32. The molecule has 0 unspecified atom stereocenters. The van der Waals surface area contributed by atoms with Crippen molar-refractivity contribution in [2.24, 2.45) is 0 Å². The molecule has 0 aliphatic rings. The van der Waals surface area contributed by atoms with Crippen molar-refractivity contribution in [3.05, 3.63) is 51.0 Å². The maximum atomic E-state index is 9.05. The van der Waals surface area contributed by atoms with E-state index < -0.39 is 0 Å². The fraction of sp³-hybridized carbons (Fsp3) is 0. The molecule has 0 saturated carbocycles. The average molecular weight is 370 g/mol. The van der Waals surface area contributed by atoms with Crippen molar-refractivity contribution in [1.82, 2.24) is 4.98 Å². The van der Waals surface area contributed by atoms with Crippen LogP contribution in [0.1, 0.15) is 5.56 Å². The van der Waals surface area contributed by atoms with E-state index in [0.29, 0.717) is 5.56 Å². The largest absolute Gasteiger partial charge is 0.248 e. The molecule has 0 amide bonds. The normalized spacial score (nSPS) is 9.94. The number of aromatic nitrogens is 1. The van der Waals surface area contributed by atoms with E-state index in [-0.39, 0.29) is 0 Å². The van der Waals surface area contributed by atoms with Gasteiger partial charge in [0.1, 0.15) is 11.1 Å². The molecule has 17 heavy (non-hydrogen) atoms. The molecule has 1 aromatic heterocycles. The second-order valence-corrected chi connectivity index (χ2v) is 5.95. The van der Waals surface area contributed by atoms with Gasteiger partial charge in [-0.1, -0.05) is 27.7 Å². The Balaban J connectivity index is 2.40. The molecule has 2 nitrogen and oxygen atoms in total. The van der Waals surface area contributed by atoms with Gasteiger partial charge in [0.2, 0.25) is 0 Å². The van der Waals surface area contributed by atoms with Crippen molar-refractivity contribution in [1.29, 1.82) is 5.26 Å². The minimum atomic E-state index is 0.649. The lowest BCUT2D eigenvalue weighted by Gasteiger charge is -2.05. The Labute approximate surface area is 120 Å². The molecule has 5 heteroatoms. The molecule has 0 aliphatic heterocycles. The van der Waals surface area contributed by atoms with Gasteiger partial charge >= 0.3 is 0 Å². The van der Waals surface area contributed by atoms with Crippen LogP contribution in [-0.4, -0.2) is 4.98 Å². The van der Waals surface area contributed by atoms with Gasteiger partial charge in [0.15, 0.2) is 0 Å². The number of benzene rings is 1. The number of rotatable bonds is 2. The predicted molar refractivity (Wildman–Crippen MR) is 74.9 cm³/mol. The van der Waals surface area contributed by atoms with Crippen LogP contribution in [0.5, 0.6) is 0 Å². The zero-order valence-corrected chi connectivity index (χ0v) is 12.5. The molecule has 0 bridgehead atoms. The quantitative estimate of drug-likeness (QED) is 0.774. The standard InChI is InChI=1S/C12H6Br2N2S/c13-9-4-3-8(7-15)11(6-9)17-12-10(14)2-1-5-16-12/h1-6H. The summed E-state index contributed by atoms with van der Waals surface area (Å²) in [6.45, 7) is 0. The maximum Gasteiger partial charge on any atom is 0.115 e. The van der Waals surface area contributed by atoms with Crippen molar-refractivity contribution < 1.29 is 0 Å². The first-order valence-electron chi connectivity index (χ1n) is 4.69. The maximum absolute atomic E-state index is 9.05. The molecular weight excluding hydrogens is 364 g/mol. The molecule has 0 atom stereocenters. The van der Waals surface area contributed by atoms with Crippen LogP contribution in [0, 0.1) is 11.3 Å². The van der Waals surface area contributed by atoms with Gasteiger partial charge in [0, 0.05) is 15.6 Å². The first kappa shape index (κ1) is 12.6. The van der Waals surface area contributed by atoms with Gasteiger partial charge in [-0.15, -0.1) is 0 Å². The lowest BCUT2D eigenvalue weighted by Crippen LogP contribution is -1.84. The number of nitriles is 1. The molecule has 1 aromatic carbocycles. The van der Waals surface area contributed by atoms with Crippen molar-refractivity contribution in [2.75, 3.05) is 0 Å². The van der Waals surface area contributed by atoms with Gasteiger partial charge in [-0.2, -0.15) is 5.26 Å². The van der Waals surface area contributed by atoms with Gasteiger partial charge in [-0.25, -0.2) is 4.98 Å². The van der Waals surface area contributed by atoms with Crippen LogP contribution >= 0.6 is 43.6 Å². The molecular formula is C12H6Br2N2S. The van der Waals surface area contributed by atoms with Gasteiger partial charge in [-0.3, -0.25) is 0 Å². The van der Waals surface area contributed by atoms with E-state index in [4.69, 9.17) is 5.26 Å². The Morgan fingerprint density at radius 3 is 2.76 bits per heavy atom. The highest BCUT2D eigenvalue weighted by molar-refractivity contribution is 9.10. The predicted octanol–water partition coefficient (Wildman–Crippen LogP) is 4.63. The van der Waals surface area contributed by atoms with Crippen molar-refractivity contribution >= 4 is 43.6 Å². The summed E-state index contributed by atoms with van der Waals surface area (Å²) in [6, 6.07) is 11.5. The molecule has 2 aromatic rings. The SMILES string of the molecule is N#Cc1ccc(Br)cc1Sc1ncccc1Br. The fourth-order valence-corrected chi connectivity index (χ4v) is 3.13. The van der Waals surface area contributed by atoms with E-state index in [2.05, 4.69) is 42.9 Å². The second-order valence-electron chi connectivity index (χ2n) is 3.14. The first-order chi connectivity index (χ1) is 8.20. The van der Waals surface area contributed by atoms with Crippen LogP contribution in [0.25, 0.3) is 0 Å². The van der Waals surface area contributed by atoms with E-state index in [1.807, 2.05) is 24.3 Å². The van der Waals surface area contributed by atoms with E-state index in [1.165, 1.54) is 11.8 Å². The second kappa shape index (κ2) is 5.67. The molecule has 1 heterocycles. The molecule has 0 saturated heterocycles. The lowest BCUT2D eigenvalue weighted by molar-refractivity contribution is 1.11. The van der Waals surface area contributed by atoms with Crippen LogP contribution < -0.4 is 0 Å². The summed E-state index contributed by atoms with van der Waals surface area (Å²) in [5, 5.41) is 9.90. The van der Waals surface area contributed by atoms with Crippen LogP contribution in [0.2, 0.25) is 0 Å². The minimum Gasteiger partial charge on any atom is -0.248 e. The van der Waals surface area contributed by atoms with Gasteiger partial charge < -0.3 is 0 Å². The Morgan fingerprint density at radius 1 is 1.24 bits per heavy atom. The van der Waals surface area contributed by atoms with Gasteiger partial charge in [0.05, 0.1) is 10.0 Å². The Hall–Kier alpha value is -0.830. The van der Waals surface area contributed by atoms with Crippen LogP contribution in [0.15, 0.2) is 55.4 Å². The topological polar surface area (TPSA) is 36.7 Å². The van der Waals surface area contributed by atoms with Crippen LogP contribution in [-0.2, 0) is 0 Å². The van der Waals surface area contributed by atoms with E-state index in [0.717, 1.165) is 18.9 Å². The summed E-state index contributed by atoms with van der Waals surface area (Å²) < 4.78 is 1.87. The summed E-state index contributed by atoms with van der Waals surface area (Å²) in [5.41, 5.74) is 0.649. The molecule has 0 spiro atoms. The smallest absolute Gasteiger partial charge is 0.115 e. The van der Waals surface area contributed by atoms with Crippen molar-refractivity contribution in [2.45, 2.75) is 9.92 Å². The lowest BCUT2D eigenvalue weighted by atomic mass is 10.2. The number of hydrogen-bond donors (Lipinski definition) is 0. The Kier molecular flexibility index (Phi) is 4.21. The van der Waals surface area contributed by atoms with Crippen LogP contribution in [0.3, 0.4) is 0 Å². The van der Waals surface area contributed by atoms with Crippen molar-refractivity contribution in [3.8, 4) is 6.07 Å². The first-order valence-corrected chi connectivity index (χ1v) is 7.09. The van der Waals surface area contributed by atoms with Crippen molar-refractivity contribution in [3.63, 3.8) is 0 Å². The zero-order chi connectivity index (χ0) is 12.3. The van der Waals surface area contributed by atoms with Gasteiger partial charge in [-0.05, 0) is 46.3 Å². The number of hydrogen-bond acceptors (Lipinski definition) is 3. The highest BCUT2D eigenvalue weighted by Crippen LogP contribution is 2.34. The molecule has 0 fully saturated rings. The molecule has 0 N–H and O–H groups in total. The third kappa shape index (κ3) is 3.09. The molecule has 0 aliphatic carbocycles. The van der Waals surface area contributed by atoms with Crippen LogP contribution in [0.4, 0.5) is 0 Å². The fourth-order valence-electron chi connectivity index (χ4n) is 1.22. The minimum absolute atomic E-state index is 0.649. The van der Waals surface area contributed by atoms with Gasteiger partial charge in [0.25, 0.3) is 0 Å². The van der Waals surface area contributed by atoms with E-state index in [9.17, 15) is 0 Å². The summed E-state index contributed by atoms with van der Waals surface area (Å²) >= 11 is 8.31. The summed E-state index contributed by atoms with van der Waals surface area (Å²) in [7, 11) is 0. The highest BCUT2D eigenvalue weighted by Gasteiger charge is 2.08. The Morgan fingerprint density at radius 2 is 2.06 bits per heavy atom. The summed E-state index contributed by atoms with van der Waals surface area (Å²) in [6.07, 6.45) is 1.73. The zero-order valence-electron chi connectivity index (χ0n) is 8.52. The summed E-state index contributed by atoms with van der Waals surface area (Å²) in [5.74, 6) is 0. The molecule has 2 rings (SSSR count). The monoisotopic (exact) mass is 368 g/mol. The summed E-state index contributed by atoms with van der Waals surface area (Å²) in [4.78, 5) is 5.16. The third-order valence-corrected chi connectivity index (χ3v) is 4.47. The van der Waals surface area contributed by atoms with E-state index >= 15 is 0 Å². The molecule has 0 radical (unpaired) electrons. The van der Waals surface area contributed by atoms with E-state index in [1.54, 1.807) is 12.3 Å². The Bertz CT molecular complexity index is 593. The number of pyridine rings is 1. The molecule has 84 valence electrons. The number of halogens is 2. The number of nitrogens with zero attached hydrogens (tertiary/aromatic N) is 2.